The first-order valence-corrected chi connectivity index (χ1v) is 8.68. The molecule has 0 saturated heterocycles. The summed E-state index contributed by atoms with van der Waals surface area (Å²) in [5.41, 5.74) is 9.21. The molecule has 0 unspecified atom stereocenters. The predicted octanol–water partition coefficient (Wildman–Crippen LogP) is 3.59. The van der Waals surface area contributed by atoms with E-state index in [1.165, 1.54) is 5.56 Å². The number of benzene rings is 2. The third-order valence-corrected chi connectivity index (χ3v) is 4.19. The van der Waals surface area contributed by atoms with Gasteiger partial charge in [-0.15, -0.1) is 0 Å². The summed E-state index contributed by atoms with van der Waals surface area (Å²) in [4.78, 5) is 20.1. The standard InChI is InChI=1S/C21H22N4O2/c1-14(26)16-4-3-5-17(12-16)19-13-20(25-21(22)24-19)23-11-10-15-6-8-18(27-2)9-7-15/h3-9,12-13H,10-11H2,1-2H3,(H3,22,23,24,25). The smallest absolute Gasteiger partial charge is 0.222 e. The Labute approximate surface area is 158 Å². The first-order valence-electron chi connectivity index (χ1n) is 8.68. The summed E-state index contributed by atoms with van der Waals surface area (Å²) >= 11 is 0. The van der Waals surface area contributed by atoms with Crippen LogP contribution in [0.5, 0.6) is 5.75 Å². The second kappa shape index (κ2) is 8.31. The van der Waals surface area contributed by atoms with Gasteiger partial charge in [0, 0.05) is 23.7 Å². The highest BCUT2D eigenvalue weighted by Gasteiger charge is 2.07. The van der Waals surface area contributed by atoms with Gasteiger partial charge in [-0.2, -0.15) is 4.98 Å². The lowest BCUT2D eigenvalue weighted by Gasteiger charge is -2.09. The van der Waals surface area contributed by atoms with E-state index in [4.69, 9.17) is 10.5 Å². The van der Waals surface area contributed by atoms with Crippen LogP contribution in [0, 0.1) is 0 Å². The van der Waals surface area contributed by atoms with Crippen LogP contribution in [0.4, 0.5) is 11.8 Å². The molecule has 0 bridgehead atoms. The van der Waals surface area contributed by atoms with E-state index < -0.39 is 0 Å². The summed E-state index contributed by atoms with van der Waals surface area (Å²) in [5, 5.41) is 3.28. The molecule has 1 aromatic heterocycles. The van der Waals surface area contributed by atoms with Crippen molar-refractivity contribution in [3.63, 3.8) is 0 Å². The van der Waals surface area contributed by atoms with Crippen LogP contribution >= 0.6 is 0 Å². The van der Waals surface area contributed by atoms with Crippen molar-refractivity contribution < 1.29 is 9.53 Å². The number of Topliss-reactive ketones (excluding diaryl/α,β-unsaturated/α-hetero) is 1. The number of nitrogens with two attached hydrogens (primary N) is 1. The van der Waals surface area contributed by atoms with Gasteiger partial charge >= 0.3 is 0 Å². The zero-order valence-electron chi connectivity index (χ0n) is 15.4. The Hall–Kier alpha value is -3.41. The van der Waals surface area contributed by atoms with Crippen LogP contribution in [0.25, 0.3) is 11.3 Å². The fourth-order valence-corrected chi connectivity index (χ4v) is 2.73. The lowest BCUT2D eigenvalue weighted by atomic mass is 10.1. The van der Waals surface area contributed by atoms with Crippen LogP contribution in [-0.2, 0) is 6.42 Å². The quantitative estimate of drug-likeness (QED) is 0.624. The third kappa shape index (κ3) is 4.82. The summed E-state index contributed by atoms with van der Waals surface area (Å²) in [6.07, 6.45) is 0.836. The van der Waals surface area contributed by atoms with E-state index in [0.29, 0.717) is 23.6 Å². The number of anilines is 2. The van der Waals surface area contributed by atoms with Gasteiger partial charge in [0.15, 0.2) is 5.78 Å². The molecular formula is C21H22N4O2. The molecule has 2 aromatic carbocycles. The van der Waals surface area contributed by atoms with E-state index in [1.54, 1.807) is 20.1 Å². The van der Waals surface area contributed by atoms with Gasteiger partial charge in [-0.25, -0.2) is 4.98 Å². The highest BCUT2D eigenvalue weighted by Crippen LogP contribution is 2.22. The molecular weight excluding hydrogens is 340 g/mol. The average molecular weight is 362 g/mol. The molecule has 6 nitrogen and oxygen atoms in total. The van der Waals surface area contributed by atoms with Crippen molar-refractivity contribution in [2.75, 3.05) is 24.7 Å². The van der Waals surface area contributed by atoms with Gasteiger partial charge in [-0.1, -0.05) is 30.3 Å². The minimum atomic E-state index is 0.0109. The monoisotopic (exact) mass is 362 g/mol. The number of ketones is 1. The molecule has 0 atom stereocenters. The highest BCUT2D eigenvalue weighted by atomic mass is 16.5. The summed E-state index contributed by atoms with van der Waals surface area (Å²) in [6, 6.07) is 17.1. The number of nitrogens with zero attached hydrogens (tertiary/aromatic N) is 2. The summed E-state index contributed by atoms with van der Waals surface area (Å²) < 4.78 is 5.17. The van der Waals surface area contributed by atoms with Crippen molar-refractivity contribution >= 4 is 17.5 Å². The van der Waals surface area contributed by atoms with Crippen LogP contribution in [0.3, 0.4) is 0 Å². The fourth-order valence-electron chi connectivity index (χ4n) is 2.73. The largest absolute Gasteiger partial charge is 0.497 e. The maximum absolute atomic E-state index is 11.6. The molecule has 0 aliphatic rings. The molecule has 0 saturated carbocycles. The van der Waals surface area contributed by atoms with Crippen LogP contribution in [0.15, 0.2) is 54.6 Å². The van der Waals surface area contributed by atoms with Crippen molar-refractivity contribution in [1.29, 1.82) is 0 Å². The Morgan fingerprint density at radius 3 is 2.59 bits per heavy atom. The van der Waals surface area contributed by atoms with Crippen LogP contribution < -0.4 is 15.8 Å². The van der Waals surface area contributed by atoms with Gasteiger partial charge in [0.05, 0.1) is 12.8 Å². The number of carbonyl (C=O) groups excluding carboxylic acids is 1. The number of carbonyl (C=O) groups is 1. The number of hydrogen-bond donors (Lipinski definition) is 2. The molecule has 0 aliphatic heterocycles. The molecule has 138 valence electrons. The number of methoxy groups -OCH3 is 1. The van der Waals surface area contributed by atoms with Gasteiger partial charge < -0.3 is 15.8 Å². The lowest BCUT2D eigenvalue weighted by molar-refractivity contribution is 0.101. The van der Waals surface area contributed by atoms with E-state index >= 15 is 0 Å². The average Bonchev–Trinajstić information content (AvgIpc) is 2.68. The van der Waals surface area contributed by atoms with Crippen molar-refractivity contribution in [2.45, 2.75) is 13.3 Å². The van der Waals surface area contributed by atoms with Gasteiger partial charge in [0.25, 0.3) is 0 Å². The minimum Gasteiger partial charge on any atom is -0.497 e. The Balaban J connectivity index is 1.71. The molecule has 0 spiro atoms. The second-order valence-corrected chi connectivity index (χ2v) is 6.16. The zero-order chi connectivity index (χ0) is 19.2. The molecule has 0 radical (unpaired) electrons. The maximum Gasteiger partial charge on any atom is 0.222 e. The fraction of sp³-hybridized carbons (Fsp3) is 0.190. The number of nitrogens with one attached hydrogen (secondary N) is 1. The third-order valence-electron chi connectivity index (χ3n) is 4.19. The predicted molar refractivity (Wildman–Crippen MR) is 107 cm³/mol. The number of hydrogen-bond acceptors (Lipinski definition) is 6. The first-order chi connectivity index (χ1) is 13.0. The summed E-state index contributed by atoms with van der Waals surface area (Å²) in [5.74, 6) is 1.69. The zero-order valence-corrected chi connectivity index (χ0v) is 15.4. The van der Waals surface area contributed by atoms with Crippen molar-refractivity contribution in [3.8, 4) is 17.0 Å². The SMILES string of the molecule is COc1ccc(CCNc2cc(-c3cccc(C(C)=O)c3)nc(N)n2)cc1. The number of nitrogen functional groups attached to an aromatic ring is 1. The number of rotatable bonds is 7. The summed E-state index contributed by atoms with van der Waals surface area (Å²) in [6.45, 7) is 2.25. The van der Waals surface area contributed by atoms with Crippen LogP contribution in [0.2, 0.25) is 0 Å². The first kappa shape index (κ1) is 18.4. The molecule has 0 aliphatic carbocycles. The summed E-state index contributed by atoms with van der Waals surface area (Å²) in [7, 11) is 1.65. The number of ether oxygens (including phenoxy) is 1. The normalized spacial score (nSPS) is 10.4. The Morgan fingerprint density at radius 2 is 1.89 bits per heavy atom. The maximum atomic E-state index is 11.6. The van der Waals surface area contributed by atoms with Crippen molar-refractivity contribution in [2.24, 2.45) is 0 Å². The minimum absolute atomic E-state index is 0.0109. The lowest BCUT2D eigenvalue weighted by Crippen LogP contribution is -2.08. The van der Waals surface area contributed by atoms with Crippen molar-refractivity contribution in [1.82, 2.24) is 9.97 Å². The van der Waals surface area contributed by atoms with E-state index in [1.807, 2.05) is 48.5 Å². The Bertz CT molecular complexity index is 939. The molecule has 3 N–H and O–H groups in total. The molecule has 3 rings (SSSR count). The van der Waals surface area contributed by atoms with Crippen LogP contribution in [-0.4, -0.2) is 29.4 Å². The van der Waals surface area contributed by atoms with E-state index in [9.17, 15) is 4.79 Å². The van der Waals surface area contributed by atoms with E-state index in [-0.39, 0.29) is 11.7 Å². The number of aromatic nitrogens is 2. The Kier molecular flexibility index (Phi) is 5.66. The van der Waals surface area contributed by atoms with Gasteiger partial charge in [-0.3, -0.25) is 4.79 Å². The van der Waals surface area contributed by atoms with E-state index in [0.717, 1.165) is 17.7 Å². The van der Waals surface area contributed by atoms with Gasteiger partial charge in [0.1, 0.15) is 11.6 Å². The highest BCUT2D eigenvalue weighted by molar-refractivity contribution is 5.95. The van der Waals surface area contributed by atoms with Crippen molar-refractivity contribution in [3.05, 3.63) is 65.7 Å². The molecule has 0 fully saturated rings. The van der Waals surface area contributed by atoms with Gasteiger partial charge in [0.2, 0.25) is 5.95 Å². The topological polar surface area (TPSA) is 90.1 Å². The second-order valence-electron chi connectivity index (χ2n) is 6.16. The van der Waals surface area contributed by atoms with Crippen LogP contribution in [0.1, 0.15) is 22.8 Å². The molecule has 1 heterocycles. The molecule has 3 aromatic rings. The molecule has 6 heteroatoms. The molecule has 0 amide bonds. The van der Waals surface area contributed by atoms with Gasteiger partial charge in [-0.05, 0) is 37.1 Å². The molecule has 27 heavy (non-hydrogen) atoms. The van der Waals surface area contributed by atoms with E-state index in [2.05, 4.69) is 15.3 Å². The Morgan fingerprint density at radius 1 is 1.11 bits per heavy atom.